The molecule has 1 rings (SSSR count). The highest BCUT2D eigenvalue weighted by atomic mass is 79.9. The molecule has 7 heteroatoms. The number of hydrogen-bond donors (Lipinski definition) is 1. The second-order valence-corrected chi connectivity index (χ2v) is 6.73. The predicted octanol–water partition coefficient (Wildman–Crippen LogP) is 2.80. The quantitative estimate of drug-likeness (QED) is 0.662. The van der Waals surface area contributed by atoms with Crippen molar-refractivity contribution in [3.63, 3.8) is 0 Å². The summed E-state index contributed by atoms with van der Waals surface area (Å²) in [5, 5.41) is 2.62. The first-order valence-corrected chi connectivity index (χ1v) is 8.09. The maximum atomic E-state index is 12.2. The van der Waals surface area contributed by atoms with Crippen LogP contribution in [0.4, 0.5) is 0 Å². The number of carbonyl (C=O) groups excluding carboxylic acids is 1. The molecule has 2 atom stereocenters. The average Bonchev–Trinajstić information content (AvgIpc) is 2.30. The molecule has 0 bridgehead atoms. The minimum Gasteiger partial charge on any atom is -0.468 e. The van der Waals surface area contributed by atoms with E-state index in [9.17, 15) is 9.36 Å². The third kappa shape index (κ3) is 4.44. The fourth-order valence-corrected chi connectivity index (χ4v) is 3.20. The van der Waals surface area contributed by atoms with Crippen LogP contribution in [0, 0.1) is 0 Å². The van der Waals surface area contributed by atoms with Crippen molar-refractivity contribution in [2.45, 2.75) is 13.0 Å². The Morgan fingerprint density at radius 2 is 2.06 bits per heavy atom. The summed E-state index contributed by atoms with van der Waals surface area (Å²) in [6, 6.07) is 6.35. The molecule has 5 nitrogen and oxygen atoms in total. The van der Waals surface area contributed by atoms with Gasteiger partial charge < -0.3 is 9.26 Å². The average molecular weight is 336 g/mol. The maximum Gasteiger partial charge on any atom is 0.323 e. The molecular formula is C11H15BrNO4P. The van der Waals surface area contributed by atoms with E-state index in [4.69, 9.17) is 4.52 Å². The number of esters is 1. The van der Waals surface area contributed by atoms with Gasteiger partial charge in [0.05, 0.1) is 11.6 Å². The van der Waals surface area contributed by atoms with Gasteiger partial charge in [-0.25, -0.2) is 5.09 Å². The molecule has 18 heavy (non-hydrogen) atoms. The van der Waals surface area contributed by atoms with E-state index in [1.165, 1.54) is 13.8 Å². The normalized spacial score (nSPS) is 15.6. The fourth-order valence-electron chi connectivity index (χ4n) is 1.31. The Balaban J connectivity index is 2.74. The third-order valence-corrected chi connectivity index (χ3v) is 4.15. The van der Waals surface area contributed by atoms with Gasteiger partial charge in [0.25, 0.3) is 0 Å². The van der Waals surface area contributed by atoms with Crippen molar-refractivity contribution in [3.05, 3.63) is 28.7 Å². The topological polar surface area (TPSA) is 64.6 Å². The summed E-state index contributed by atoms with van der Waals surface area (Å²) in [5.74, 6) is -0.0410. The van der Waals surface area contributed by atoms with Crippen LogP contribution in [0.2, 0.25) is 0 Å². The van der Waals surface area contributed by atoms with Gasteiger partial charge in [-0.3, -0.25) is 9.36 Å². The Hall–Kier alpha value is -0.840. The molecule has 0 aromatic heterocycles. The van der Waals surface area contributed by atoms with Crippen molar-refractivity contribution in [1.29, 1.82) is 0 Å². The molecule has 1 aromatic carbocycles. The van der Waals surface area contributed by atoms with E-state index in [0.29, 0.717) is 10.2 Å². The van der Waals surface area contributed by atoms with Crippen LogP contribution in [-0.2, 0) is 14.1 Å². The standard InChI is InChI=1S/C11H15BrNO4P/c1-8(11(14)16-2)13-18(3,15)17-10-7-5-4-6-9(10)12/h4-8H,1-3H3,(H,13,15)/t8-,18?/m0/s1. The van der Waals surface area contributed by atoms with Crippen molar-refractivity contribution in [3.8, 4) is 5.75 Å². The van der Waals surface area contributed by atoms with Crippen LogP contribution in [-0.4, -0.2) is 25.8 Å². The van der Waals surface area contributed by atoms with Gasteiger partial charge in [0.2, 0.25) is 0 Å². The summed E-state index contributed by atoms with van der Waals surface area (Å²) in [6.45, 7) is 2.97. The molecule has 0 fully saturated rings. The summed E-state index contributed by atoms with van der Waals surface area (Å²) in [5.41, 5.74) is 0. The maximum absolute atomic E-state index is 12.2. The van der Waals surface area contributed by atoms with Gasteiger partial charge in [-0.2, -0.15) is 0 Å². The fraction of sp³-hybridized carbons (Fsp3) is 0.364. The minimum atomic E-state index is -3.15. The zero-order valence-corrected chi connectivity index (χ0v) is 12.8. The number of benzene rings is 1. The van der Waals surface area contributed by atoms with Crippen LogP contribution in [0.3, 0.4) is 0 Å². The predicted molar refractivity (Wildman–Crippen MR) is 72.9 cm³/mol. The molecular weight excluding hydrogens is 321 g/mol. The van der Waals surface area contributed by atoms with Crippen molar-refractivity contribution < 1.29 is 18.6 Å². The van der Waals surface area contributed by atoms with E-state index in [1.54, 1.807) is 25.1 Å². The summed E-state index contributed by atoms with van der Waals surface area (Å²) in [4.78, 5) is 11.2. The van der Waals surface area contributed by atoms with Crippen molar-refractivity contribution in [1.82, 2.24) is 5.09 Å². The molecule has 0 aliphatic carbocycles. The van der Waals surface area contributed by atoms with Gasteiger partial charge in [0.1, 0.15) is 11.8 Å². The second kappa shape index (κ2) is 6.36. The molecule has 0 radical (unpaired) electrons. The Bertz CT molecular complexity index is 480. The molecule has 0 saturated heterocycles. The lowest BCUT2D eigenvalue weighted by Gasteiger charge is -2.20. The zero-order chi connectivity index (χ0) is 13.8. The SMILES string of the molecule is COC(=O)[C@H](C)NP(C)(=O)Oc1ccccc1Br. The molecule has 0 saturated carbocycles. The van der Waals surface area contributed by atoms with Crippen LogP contribution >= 0.6 is 23.4 Å². The summed E-state index contributed by atoms with van der Waals surface area (Å²) < 4.78 is 22.8. The van der Waals surface area contributed by atoms with Crippen molar-refractivity contribution in [2.24, 2.45) is 0 Å². The molecule has 0 aliphatic heterocycles. The van der Waals surface area contributed by atoms with Crippen LogP contribution in [0.5, 0.6) is 5.75 Å². The molecule has 1 N–H and O–H groups in total. The Morgan fingerprint density at radius 3 is 2.61 bits per heavy atom. The zero-order valence-electron chi connectivity index (χ0n) is 10.3. The number of para-hydroxylation sites is 1. The lowest BCUT2D eigenvalue weighted by atomic mass is 10.3. The van der Waals surface area contributed by atoms with Gasteiger partial charge in [0, 0.05) is 6.66 Å². The molecule has 0 aliphatic rings. The summed E-state index contributed by atoms with van der Waals surface area (Å²) >= 11 is 3.29. The van der Waals surface area contributed by atoms with Gasteiger partial charge in [0.15, 0.2) is 0 Å². The Kier molecular flexibility index (Phi) is 5.38. The summed E-state index contributed by atoms with van der Waals surface area (Å²) in [7, 11) is -1.87. The first-order chi connectivity index (χ1) is 8.35. The molecule has 0 heterocycles. The van der Waals surface area contributed by atoms with Crippen molar-refractivity contribution in [2.75, 3.05) is 13.8 Å². The van der Waals surface area contributed by atoms with Crippen LogP contribution in [0.1, 0.15) is 6.92 Å². The molecule has 1 unspecified atom stereocenters. The number of hydrogen-bond acceptors (Lipinski definition) is 4. The Labute approximate surface area is 114 Å². The number of ether oxygens (including phenoxy) is 1. The number of methoxy groups -OCH3 is 1. The van der Waals surface area contributed by atoms with Gasteiger partial charge in [-0.15, -0.1) is 0 Å². The Morgan fingerprint density at radius 1 is 1.44 bits per heavy atom. The molecule has 0 amide bonds. The first-order valence-electron chi connectivity index (χ1n) is 5.23. The molecule has 1 aromatic rings. The van der Waals surface area contributed by atoms with E-state index in [2.05, 4.69) is 25.8 Å². The first kappa shape index (κ1) is 15.2. The highest BCUT2D eigenvalue weighted by molar-refractivity contribution is 9.10. The largest absolute Gasteiger partial charge is 0.468 e. The lowest BCUT2D eigenvalue weighted by Crippen LogP contribution is -2.33. The number of nitrogens with one attached hydrogen (secondary N) is 1. The van der Waals surface area contributed by atoms with E-state index < -0.39 is 19.5 Å². The minimum absolute atomic E-state index is 0.452. The number of rotatable bonds is 5. The second-order valence-electron chi connectivity index (χ2n) is 3.74. The number of halogens is 1. The highest BCUT2D eigenvalue weighted by Gasteiger charge is 2.25. The van der Waals surface area contributed by atoms with Crippen LogP contribution < -0.4 is 9.61 Å². The van der Waals surface area contributed by atoms with Gasteiger partial charge in [-0.05, 0) is 35.0 Å². The van der Waals surface area contributed by atoms with E-state index in [0.717, 1.165) is 0 Å². The smallest absolute Gasteiger partial charge is 0.323 e. The van der Waals surface area contributed by atoms with Gasteiger partial charge in [-0.1, -0.05) is 12.1 Å². The van der Waals surface area contributed by atoms with Crippen molar-refractivity contribution >= 4 is 29.4 Å². The molecule has 100 valence electrons. The highest BCUT2D eigenvalue weighted by Crippen LogP contribution is 2.42. The lowest BCUT2D eigenvalue weighted by molar-refractivity contribution is -0.142. The summed E-state index contributed by atoms with van der Waals surface area (Å²) in [6.07, 6.45) is 0. The third-order valence-electron chi connectivity index (χ3n) is 2.09. The van der Waals surface area contributed by atoms with Gasteiger partial charge >= 0.3 is 13.5 Å². The van der Waals surface area contributed by atoms with E-state index >= 15 is 0 Å². The van der Waals surface area contributed by atoms with Crippen LogP contribution in [0.15, 0.2) is 28.7 Å². The molecule has 0 spiro atoms. The van der Waals surface area contributed by atoms with E-state index in [1.807, 2.05) is 6.07 Å². The number of carbonyl (C=O) groups is 1. The van der Waals surface area contributed by atoms with E-state index in [-0.39, 0.29) is 0 Å². The van der Waals surface area contributed by atoms with Crippen LogP contribution in [0.25, 0.3) is 0 Å². The monoisotopic (exact) mass is 335 g/mol.